The molecule has 1 aliphatic rings. The zero-order valence-electron chi connectivity index (χ0n) is 19.0. The third-order valence-corrected chi connectivity index (χ3v) is 4.72. The van der Waals surface area contributed by atoms with E-state index in [1.54, 1.807) is 20.8 Å². The number of esters is 2. The van der Waals surface area contributed by atoms with Gasteiger partial charge in [0.1, 0.15) is 5.69 Å². The van der Waals surface area contributed by atoms with Crippen molar-refractivity contribution in [3.8, 4) is 0 Å². The molecule has 176 valence electrons. The summed E-state index contributed by atoms with van der Waals surface area (Å²) in [5.74, 6) is -1.99. The second-order valence-corrected chi connectivity index (χ2v) is 8.04. The fraction of sp³-hybridized carbons (Fsp3) is 0.522. The van der Waals surface area contributed by atoms with Crippen LogP contribution < -0.4 is 10.6 Å². The Bertz CT molecular complexity index is 898. The van der Waals surface area contributed by atoms with Crippen LogP contribution in [0.15, 0.2) is 18.7 Å². The molecule has 0 aromatic carbocycles. The van der Waals surface area contributed by atoms with Crippen LogP contribution in [0.5, 0.6) is 0 Å². The maximum absolute atomic E-state index is 12.8. The number of ether oxygens (including phenoxy) is 2. The van der Waals surface area contributed by atoms with Crippen LogP contribution in [0.1, 0.15) is 74.9 Å². The van der Waals surface area contributed by atoms with E-state index in [1.165, 1.54) is 19.1 Å². The fourth-order valence-corrected chi connectivity index (χ4v) is 2.76. The molecule has 2 amide bonds. The van der Waals surface area contributed by atoms with Gasteiger partial charge in [-0.1, -0.05) is 20.4 Å². The summed E-state index contributed by atoms with van der Waals surface area (Å²) in [6.45, 7) is 11.4. The van der Waals surface area contributed by atoms with Crippen molar-refractivity contribution in [2.45, 2.75) is 53.2 Å². The highest BCUT2D eigenvalue weighted by molar-refractivity contribution is 5.99. The Balaban J connectivity index is 0.00000544. The molecule has 0 spiro atoms. The van der Waals surface area contributed by atoms with Gasteiger partial charge in [0.05, 0.1) is 12.3 Å². The smallest absolute Gasteiger partial charge is 0.360 e. The number of nitrogens with one attached hydrogen (secondary N) is 2. The monoisotopic (exact) mass is 447 g/mol. The molecule has 1 aliphatic carbocycles. The molecule has 9 heteroatoms. The Labute approximate surface area is 189 Å². The van der Waals surface area contributed by atoms with Gasteiger partial charge in [0, 0.05) is 27.0 Å². The normalized spacial score (nSPS) is 13.8. The van der Waals surface area contributed by atoms with Crippen LogP contribution in [0.2, 0.25) is 0 Å². The lowest BCUT2D eigenvalue weighted by Gasteiger charge is -2.17. The molecule has 0 aliphatic heterocycles. The Hall–Kier alpha value is -3.23. The molecule has 0 saturated heterocycles. The minimum absolute atomic E-state index is 0. The van der Waals surface area contributed by atoms with E-state index in [9.17, 15) is 19.2 Å². The third kappa shape index (κ3) is 7.47. The van der Waals surface area contributed by atoms with Crippen LogP contribution in [0.3, 0.4) is 0 Å². The number of hydrogen-bond acceptors (Lipinski definition) is 7. The van der Waals surface area contributed by atoms with E-state index in [1.807, 2.05) is 0 Å². The average Bonchev–Trinajstić information content (AvgIpc) is 3.55. The number of rotatable bonds is 11. The Morgan fingerprint density at radius 2 is 1.84 bits per heavy atom. The molecule has 1 saturated carbocycles. The number of nitrogens with zero attached hydrogens (tertiary/aromatic N) is 1. The highest BCUT2D eigenvalue weighted by atomic mass is 16.7. The predicted octanol–water partition coefficient (Wildman–Crippen LogP) is 2.71. The van der Waals surface area contributed by atoms with Gasteiger partial charge in [-0.3, -0.25) is 14.4 Å². The lowest BCUT2D eigenvalue weighted by atomic mass is 10.0. The van der Waals surface area contributed by atoms with Crippen LogP contribution >= 0.6 is 0 Å². The molecule has 1 aromatic rings. The maximum atomic E-state index is 12.8. The number of carbonyl (C=O) groups is 4. The maximum Gasteiger partial charge on any atom is 0.360 e. The first-order valence-corrected chi connectivity index (χ1v) is 10.8. The predicted molar refractivity (Wildman–Crippen MR) is 120 cm³/mol. The van der Waals surface area contributed by atoms with Crippen molar-refractivity contribution < 1.29 is 30.1 Å². The summed E-state index contributed by atoms with van der Waals surface area (Å²) in [4.78, 5) is 53.2. The minimum atomic E-state index is -1.16. The molecule has 1 atom stereocenters. The molecule has 0 radical (unpaired) electrons. The van der Waals surface area contributed by atoms with Gasteiger partial charge in [-0.05, 0) is 43.4 Å². The Kier molecular flexibility index (Phi) is 8.92. The standard InChI is InChI=1S/C23H31N3O6.H2/c1-6-24-19(27)11-14(4)17-9-10-18(21(28)25-12-16-7-8-16)26-20(17)23(30)32-15(5)31-22(29)13(2)3;/h9-10,13,15-16H,4,6-8,11-12H2,1-3,5H3,(H,24,27)(H,25,28);1H. The molecular formula is C23H33N3O6. The topological polar surface area (TPSA) is 124 Å². The second kappa shape index (κ2) is 11.4. The summed E-state index contributed by atoms with van der Waals surface area (Å²) in [6.07, 6.45) is 0.949. The van der Waals surface area contributed by atoms with E-state index in [-0.39, 0.29) is 36.6 Å². The number of carbonyl (C=O) groups excluding carboxylic acids is 4. The molecular weight excluding hydrogens is 414 g/mol. The molecule has 1 fully saturated rings. The zero-order chi connectivity index (χ0) is 23.8. The molecule has 1 aromatic heterocycles. The number of pyridine rings is 1. The summed E-state index contributed by atoms with van der Waals surface area (Å²) in [6, 6.07) is 2.99. The Morgan fingerprint density at radius 1 is 1.16 bits per heavy atom. The largest absolute Gasteiger partial charge is 0.425 e. The highest BCUT2D eigenvalue weighted by Gasteiger charge is 2.25. The van der Waals surface area contributed by atoms with Crippen molar-refractivity contribution in [3.63, 3.8) is 0 Å². The van der Waals surface area contributed by atoms with Crippen molar-refractivity contribution in [1.82, 2.24) is 15.6 Å². The van der Waals surface area contributed by atoms with Crippen molar-refractivity contribution in [2.75, 3.05) is 13.1 Å². The lowest BCUT2D eigenvalue weighted by Crippen LogP contribution is -2.28. The van der Waals surface area contributed by atoms with Crippen molar-refractivity contribution in [3.05, 3.63) is 35.7 Å². The summed E-state index contributed by atoms with van der Waals surface area (Å²) in [5, 5.41) is 5.46. The summed E-state index contributed by atoms with van der Waals surface area (Å²) in [7, 11) is 0. The van der Waals surface area contributed by atoms with Crippen LogP contribution in [-0.4, -0.2) is 48.1 Å². The molecule has 2 rings (SSSR count). The molecule has 1 unspecified atom stereocenters. The molecule has 32 heavy (non-hydrogen) atoms. The van der Waals surface area contributed by atoms with E-state index < -0.39 is 24.1 Å². The van der Waals surface area contributed by atoms with Crippen LogP contribution in [-0.2, 0) is 19.1 Å². The van der Waals surface area contributed by atoms with Gasteiger partial charge in [0.15, 0.2) is 5.69 Å². The quantitative estimate of drug-likeness (QED) is 0.395. The first-order valence-electron chi connectivity index (χ1n) is 10.8. The van der Waals surface area contributed by atoms with E-state index >= 15 is 0 Å². The van der Waals surface area contributed by atoms with E-state index in [4.69, 9.17) is 9.47 Å². The molecule has 0 bridgehead atoms. The second-order valence-electron chi connectivity index (χ2n) is 8.04. The van der Waals surface area contributed by atoms with Gasteiger partial charge in [-0.2, -0.15) is 0 Å². The number of amides is 2. The summed E-state index contributed by atoms with van der Waals surface area (Å²) >= 11 is 0. The zero-order valence-corrected chi connectivity index (χ0v) is 19.0. The number of aromatic nitrogens is 1. The highest BCUT2D eigenvalue weighted by Crippen LogP contribution is 2.27. The fourth-order valence-electron chi connectivity index (χ4n) is 2.76. The van der Waals surface area contributed by atoms with Gasteiger partial charge < -0.3 is 20.1 Å². The van der Waals surface area contributed by atoms with E-state index in [2.05, 4.69) is 22.2 Å². The van der Waals surface area contributed by atoms with Gasteiger partial charge in [-0.15, -0.1) is 0 Å². The number of hydrogen-bond donors (Lipinski definition) is 2. The molecule has 9 nitrogen and oxygen atoms in total. The minimum Gasteiger partial charge on any atom is -0.425 e. The van der Waals surface area contributed by atoms with Gasteiger partial charge in [-0.25, -0.2) is 9.78 Å². The van der Waals surface area contributed by atoms with E-state index in [0.29, 0.717) is 24.6 Å². The summed E-state index contributed by atoms with van der Waals surface area (Å²) in [5.41, 5.74) is 0.486. The summed E-state index contributed by atoms with van der Waals surface area (Å²) < 4.78 is 10.3. The van der Waals surface area contributed by atoms with Crippen molar-refractivity contribution >= 4 is 29.3 Å². The third-order valence-electron chi connectivity index (χ3n) is 4.72. The van der Waals surface area contributed by atoms with Crippen molar-refractivity contribution in [2.24, 2.45) is 11.8 Å². The molecule has 1 heterocycles. The van der Waals surface area contributed by atoms with Gasteiger partial charge >= 0.3 is 11.9 Å². The lowest BCUT2D eigenvalue weighted by molar-refractivity contribution is -0.169. The molecule has 2 N–H and O–H groups in total. The van der Waals surface area contributed by atoms with Crippen LogP contribution in [0, 0.1) is 11.8 Å². The van der Waals surface area contributed by atoms with Crippen molar-refractivity contribution in [1.29, 1.82) is 0 Å². The first-order chi connectivity index (χ1) is 15.1. The first kappa shape index (κ1) is 25.0. The SMILES string of the molecule is C=C(CC(=O)NCC)c1ccc(C(=O)NCC2CC2)nc1C(=O)OC(C)OC(=O)C(C)C.[HH]. The Morgan fingerprint density at radius 3 is 2.44 bits per heavy atom. The van der Waals surface area contributed by atoms with Gasteiger partial charge in [0.25, 0.3) is 5.91 Å². The van der Waals surface area contributed by atoms with Gasteiger partial charge in [0.2, 0.25) is 12.2 Å². The average molecular weight is 448 g/mol. The van der Waals surface area contributed by atoms with Crippen LogP contribution in [0.4, 0.5) is 0 Å². The van der Waals surface area contributed by atoms with Crippen LogP contribution in [0.25, 0.3) is 5.57 Å². The van der Waals surface area contributed by atoms with E-state index in [0.717, 1.165) is 12.8 Å².